The van der Waals surface area contributed by atoms with E-state index in [0.717, 1.165) is 42.9 Å². The number of hydrogen-bond acceptors (Lipinski definition) is 2. The van der Waals surface area contributed by atoms with E-state index < -0.39 is 0 Å². The first kappa shape index (κ1) is 23.4. The minimum absolute atomic E-state index is 0.828. The van der Waals surface area contributed by atoms with Gasteiger partial charge in [-0.25, -0.2) is 0 Å². The zero-order chi connectivity index (χ0) is 24.4. The first-order chi connectivity index (χ1) is 17.8. The summed E-state index contributed by atoms with van der Waals surface area (Å²) < 4.78 is 0. The van der Waals surface area contributed by atoms with E-state index in [2.05, 4.69) is 126 Å². The molecule has 0 aromatic heterocycles. The summed E-state index contributed by atoms with van der Waals surface area (Å²) in [7, 11) is 0. The fourth-order valence-electron chi connectivity index (χ4n) is 4.33. The molecule has 0 atom stereocenters. The number of benzene rings is 5. The molecule has 2 N–H and O–H groups in total. The van der Waals surface area contributed by atoms with Gasteiger partial charge in [-0.15, -0.1) is 0 Å². The summed E-state index contributed by atoms with van der Waals surface area (Å²) in [4.78, 5) is 0. The van der Waals surface area contributed by atoms with Gasteiger partial charge in [0.25, 0.3) is 0 Å². The molecule has 5 rings (SSSR count). The minimum Gasteiger partial charge on any atom is -0.381 e. The molecular weight excluding hydrogens is 436 g/mol. The third kappa shape index (κ3) is 6.86. The maximum atomic E-state index is 3.55. The van der Waals surface area contributed by atoms with Crippen LogP contribution >= 0.6 is 0 Å². The average Bonchev–Trinajstić information content (AvgIpc) is 2.94. The van der Waals surface area contributed by atoms with E-state index in [0.29, 0.717) is 0 Å². The number of rotatable bonds is 10. The van der Waals surface area contributed by atoms with Gasteiger partial charge in [-0.3, -0.25) is 0 Å². The van der Waals surface area contributed by atoms with Gasteiger partial charge in [0.1, 0.15) is 0 Å². The molecule has 0 amide bonds. The molecule has 0 aliphatic rings. The molecule has 0 spiro atoms. The molecule has 178 valence electrons. The van der Waals surface area contributed by atoms with E-state index in [-0.39, 0.29) is 0 Å². The number of anilines is 3. The number of para-hydroxylation sites is 1. The van der Waals surface area contributed by atoms with Gasteiger partial charge in [-0.05, 0) is 83.5 Å². The maximum Gasteiger partial charge on any atom is 0.0400 e. The van der Waals surface area contributed by atoms with Gasteiger partial charge in [0, 0.05) is 23.6 Å². The van der Waals surface area contributed by atoms with E-state index in [9.17, 15) is 0 Å². The Balaban J connectivity index is 1.07. The fourth-order valence-corrected chi connectivity index (χ4v) is 4.33. The highest BCUT2D eigenvalue weighted by Crippen LogP contribution is 2.18. The lowest BCUT2D eigenvalue weighted by Gasteiger charge is -2.10. The molecule has 0 saturated heterocycles. The normalized spacial score (nSPS) is 10.7. The molecule has 36 heavy (non-hydrogen) atoms. The predicted molar refractivity (Wildman–Crippen MR) is 153 cm³/mol. The second-order valence-corrected chi connectivity index (χ2v) is 9.22. The fraction of sp³-hybridized carbons (Fsp3) is 0.118. The lowest BCUT2D eigenvalue weighted by molar-refractivity contribution is 0.957. The third-order valence-corrected chi connectivity index (χ3v) is 6.44. The van der Waals surface area contributed by atoms with Crippen molar-refractivity contribution >= 4 is 17.1 Å². The molecule has 0 radical (unpaired) electrons. The van der Waals surface area contributed by atoms with Gasteiger partial charge in [0.15, 0.2) is 0 Å². The molecule has 5 aromatic carbocycles. The molecule has 0 bridgehead atoms. The summed E-state index contributed by atoms with van der Waals surface area (Å²) in [6.45, 7) is 0.828. The molecule has 2 heteroatoms. The highest BCUT2D eigenvalue weighted by atomic mass is 14.9. The van der Waals surface area contributed by atoms with Crippen molar-refractivity contribution in [3.05, 3.63) is 161 Å². The second kappa shape index (κ2) is 11.9. The lowest BCUT2D eigenvalue weighted by Crippen LogP contribution is -2.00. The van der Waals surface area contributed by atoms with Gasteiger partial charge in [0.05, 0.1) is 0 Å². The topological polar surface area (TPSA) is 24.1 Å². The van der Waals surface area contributed by atoms with Crippen LogP contribution in [0.4, 0.5) is 17.1 Å². The number of hydrogen-bond donors (Lipinski definition) is 2. The summed E-state index contributed by atoms with van der Waals surface area (Å²) in [5.41, 5.74) is 10.1. The van der Waals surface area contributed by atoms with Gasteiger partial charge in [-0.2, -0.15) is 0 Å². The first-order valence-corrected chi connectivity index (χ1v) is 12.7. The third-order valence-electron chi connectivity index (χ3n) is 6.44. The van der Waals surface area contributed by atoms with Crippen LogP contribution in [0.25, 0.3) is 0 Å². The van der Waals surface area contributed by atoms with Crippen molar-refractivity contribution in [3.63, 3.8) is 0 Å². The van der Waals surface area contributed by atoms with Crippen molar-refractivity contribution in [2.24, 2.45) is 0 Å². The predicted octanol–water partition coefficient (Wildman–Crippen LogP) is 8.42. The Bertz CT molecular complexity index is 1220. The van der Waals surface area contributed by atoms with Crippen LogP contribution in [-0.2, 0) is 25.8 Å². The molecule has 0 saturated carbocycles. The van der Waals surface area contributed by atoms with Crippen molar-refractivity contribution < 1.29 is 0 Å². The molecule has 0 heterocycles. The van der Waals surface area contributed by atoms with Crippen LogP contribution in [0.3, 0.4) is 0 Å². The Hall–Kier alpha value is -4.30. The Kier molecular flexibility index (Phi) is 7.75. The Morgan fingerprint density at radius 3 is 1.44 bits per heavy atom. The molecule has 0 unspecified atom stereocenters. The lowest BCUT2D eigenvalue weighted by atomic mass is 10.0. The van der Waals surface area contributed by atoms with E-state index in [1.807, 2.05) is 18.2 Å². The Morgan fingerprint density at radius 2 is 0.806 bits per heavy atom. The highest BCUT2D eigenvalue weighted by molar-refractivity contribution is 5.59. The van der Waals surface area contributed by atoms with Crippen LogP contribution in [0.1, 0.15) is 27.8 Å². The summed E-state index contributed by atoms with van der Waals surface area (Å²) in [5, 5.41) is 6.99. The van der Waals surface area contributed by atoms with Crippen molar-refractivity contribution in [1.29, 1.82) is 0 Å². The summed E-state index contributed by atoms with van der Waals surface area (Å²) in [5.74, 6) is 0. The standard InChI is InChI=1S/C34H32N2/c1-3-7-29(8-4-1)25-30-19-21-32(22-20-30)35-26-31-15-13-27(14-16-31)11-12-28-17-23-34(24-18-28)36-33-9-5-2-6-10-33/h1-10,13-24,35-36H,11-12,25-26H2. The number of aryl methyl sites for hydroxylation is 2. The molecule has 0 aliphatic heterocycles. The Morgan fingerprint density at radius 1 is 0.361 bits per heavy atom. The zero-order valence-corrected chi connectivity index (χ0v) is 20.5. The molecule has 0 aliphatic carbocycles. The van der Waals surface area contributed by atoms with Crippen molar-refractivity contribution in [3.8, 4) is 0 Å². The van der Waals surface area contributed by atoms with Crippen LogP contribution in [0.2, 0.25) is 0 Å². The number of nitrogens with one attached hydrogen (secondary N) is 2. The smallest absolute Gasteiger partial charge is 0.0400 e. The van der Waals surface area contributed by atoms with E-state index in [1.54, 1.807) is 0 Å². The van der Waals surface area contributed by atoms with Crippen LogP contribution < -0.4 is 10.6 Å². The summed E-state index contributed by atoms with van der Waals surface area (Å²) >= 11 is 0. The van der Waals surface area contributed by atoms with Gasteiger partial charge < -0.3 is 10.6 Å². The van der Waals surface area contributed by atoms with E-state index >= 15 is 0 Å². The monoisotopic (exact) mass is 468 g/mol. The first-order valence-electron chi connectivity index (χ1n) is 12.7. The van der Waals surface area contributed by atoms with Crippen LogP contribution in [0.5, 0.6) is 0 Å². The van der Waals surface area contributed by atoms with Crippen LogP contribution in [-0.4, -0.2) is 0 Å². The largest absolute Gasteiger partial charge is 0.381 e. The van der Waals surface area contributed by atoms with Gasteiger partial charge >= 0.3 is 0 Å². The SMILES string of the molecule is c1ccc(Cc2ccc(NCc3ccc(CCc4ccc(Nc5ccccc5)cc4)cc3)cc2)cc1. The summed E-state index contributed by atoms with van der Waals surface area (Å²) in [6, 6.07) is 47.4. The quantitative estimate of drug-likeness (QED) is 0.215. The molecule has 0 fully saturated rings. The highest BCUT2D eigenvalue weighted by Gasteiger charge is 2.01. The second-order valence-electron chi connectivity index (χ2n) is 9.22. The van der Waals surface area contributed by atoms with E-state index in [1.165, 1.54) is 27.8 Å². The molecule has 5 aromatic rings. The van der Waals surface area contributed by atoms with Crippen LogP contribution in [0.15, 0.2) is 133 Å². The minimum atomic E-state index is 0.828. The zero-order valence-electron chi connectivity index (χ0n) is 20.5. The molecule has 2 nitrogen and oxygen atoms in total. The maximum absolute atomic E-state index is 3.55. The Labute approximate surface area is 214 Å². The van der Waals surface area contributed by atoms with E-state index in [4.69, 9.17) is 0 Å². The van der Waals surface area contributed by atoms with Crippen molar-refractivity contribution in [1.82, 2.24) is 0 Å². The summed E-state index contributed by atoms with van der Waals surface area (Å²) in [6.07, 6.45) is 3.05. The van der Waals surface area contributed by atoms with Gasteiger partial charge in [-0.1, -0.05) is 97.1 Å². The average molecular weight is 469 g/mol. The molecular formula is C34H32N2. The van der Waals surface area contributed by atoms with Crippen LogP contribution in [0, 0.1) is 0 Å². The van der Waals surface area contributed by atoms with Crippen molar-refractivity contribution in [2.75, 3.05) is 10.6 Å². The van der Waals surface area contributed by atoms with Crippen molar-refractivity contribution in [2.45, 2.75) is 25.8 Å². The van der Waals surface area contributed by atoms with Gasteiger partial charge in [0.2, 0.25) is 0 Å².